The Hall–Kier alpha value is -0.200. The zero-order chi connectivity index (χ0) is 8.59. The quantitative estimate of drug-likeness (QED) is 0.310. The van der Waals surface area contributed by atoms with Gasteiger partial charge >= 0.3 is 0 Å². The third-order valence-electron chi connectivity index (χ3n) is 1.83. The highest BCUT2D eigenvalue weighted by Gasteiger charge is 2.40. The van der Waals surface area contributed by atoms with Gasteiger partial charge in [0.15, 0.2) is 6.29 Å². The summed E-state index contributed by atoms with van der Waals surface area (Å²) in [5.74, 6) is 0. The van der Waals surface area contributed by atoms with Crippen LogP contribution in [0.25, 0.3) is 0 Å². The van der Waals surface area contributed by atoms with Crippen LogP contribution in [0.4, 0.5) is 0 Å². The summed E-state index contributed by atoms with van der Waals surface area (Å²) in [6, 6.07) is 0. The van der Waals surface area contributed by atoms with Gasteiger partial charge < -0.3 is 25.2 Å². The highest BCUT2D eigenvalue weighted by atomic mass is 16.8. The molecule has 11 heavy (non-hydrogen) atoms. The van der Waals surface area contributed by atoms with Gasteiger partial charge in [0.1, 0.15) is 18.3 Å². The fraction of sp³-hybridized carbons (Fsp3) is 1.00. The van der Waals surface area contributed by atoms with E-state index < -0.39 is 30.7 Å². The van der Waals surface area contributed by atoms with Crippen LogP contribution in [0, 0.1) is 0 Å². The van der Waals surface area contributed by atoms with E-state index in [0.29, 0.717) is 0 Å². The first-order chi connectivity index (χ1) is 5.04. The minimum Gasteiger partial charge on any atom is -0.388 e. The van der Waals surface area contributed by atoms with Crippen molar-refractivity contribution in [3.8, 4) is 0 Å². The van der Waals surface area contributed by atoms with E-state index in [4.69, 9.17) is 20.4 Å². The number of aliphatic hydroxyl groups is 4. The predicted octanol–water partition coefficient (Wildman–Crippen LogP) is -2.19. The maximum absolute atomic E-state index is 9.09. The summed E-state index contributed by atoms with van der Waals surface area (Å²) in [6.45, 7) is 1.50. The lowest BCUT2D eigenvalue weighted by Gasteiger charge is -2.36. The van der Waals surface area contributed by atoms with E-state index in [1.54, 1.807) is 0 Å². The first-order valence-electron chi connectivity index (χ1n) is 3.41. The molecule has 1 saturated heterocycles. The lowest BCUT2D eigenvalue weighted by Crippen LogP contribution is -2.56. The Kier molecular flexibility index (Phi) is 2.46. The van der Waals surface area contributed by atoms with Gasteiger partial charge in [0.25, 0.3) is 0 Å². The van der Waals surface area contributed by atoms with E-state index >= 15 is 0 Å². The van der Waals surface area contributed by atoms with E-state index in [-0.39, 0.29) is 0 Å². The van der Waals surface area contributed by atoms with Gasteiger partial charge in [-0.15, -0.1) is 0 Å². The molecule has 66 valence electrons. The summed E-state index contributed by atoms with van der Waals surface area (Å²) in [6.07, 6.45) is -5.99. The fourth-order valence-electron chi connectivity index (χ4n) is 1.03. The van der Waals surface area contributed by atoms with Crippen molar-refractivity contribution in [2.75, 3.05) is 0 Å². The first-order valence-corrected chi connectivity index (χ1v) is 3.41. The molecular weight excluding hydrogens is 158 g/mol. The first kappa shape index (κ1) is 8.89. The Morgan fingerprint density at radius 1 is 0.909 bits per heavy atom. The Balaban J connectivity index is 2.63. The predicted molar refractivity (Wildman–Crippen MR) is 34.6 cm³/mol. The van der Waals surface area contributed by atoms with Crippen molar-refractivity contribution in [2.24, 2.45) is 0 Å². The van der Waals surface area contributed by atoms with Gasteiger partial charge in [-0.3, -0.25) is 0 Å². The minimum absolute atomic E-state index is 0.664. The van der Waals surface area contributed by atoms with E-state index in [2.05, 4.69) is 4.74 Å². The maximum atomic E-state index is 9.09. The molecular formula is C6H12O5. The SMILES string of the molecule is [13CH3][13C@@H]1O[13CH](O)[13C@@H](O)[13C@H](O)[13C@@H]1O. The Bertz CT molecular complexity index is 125. The standard InChI is InChI=1S/C6H12O5/c1-2-3(7)4(8)5(9)6(10)11-2/h2-10H,1H3/t2-,3+,4+,5-,6?/m0/s1/i1+1,2+1,3+1,4+1,5+1,6+1. The van der Waals surface area contributed by atoms with Crippen LogP contribution in [0.2, 0.25) is 0 Å². The third kappa shape index (κ3) is 1.52. The second-order valence-corrected chi connectivity index (χ2v) is 2.70. The van der Waals surface area contributed by atoms with Crippen molar-refractivity contribution in [2.45, 2.75) is 37.6 Å². The number of rotatable bonds is 0. The molecule has 1 aliphatic rings. The van der Waals surface area contributed by atoms with Crippen LogP contribution in [0.3, 0.4) is 0 Å². The van der Waals surface area contributed by atoms with Gasteiger partial charge in [0.05, 0.1) is 6.10 Å². The van der Waals surface area contributed by atoms with Gasteiger partial charge in [-0.05, 0) is 6.92 Å². The molecule has 1 aliphatic heterocycles. The van der Waals surface area contributed by atoms with Crippen LogP contribution in [0.1, 0.15) is 6.92 Å². The third-order valence-corrected chi connectivity index (χ3v) is 1.83. The minimum atomic E-state index is -1.43. The molecule has 1 unspecified atom stereocenters. The second-order valence-electron chi connectivity index (χ2n) is 2.70. The van der Waals surface area contributed by atoms with Gasteiger partial charge in [-0.2, -0.15) is 0 Å². The molecule has 5 atom stereocenters. The molecule has 0 amide bonds. The largest absolute Gasteiger partial charge is 0.388 e. The van der Waals surface area contributed by atoms with Crippen LogP contribution in [-0.4, -0.2) is 51.1 Å². The van der Waals surface area contributed by atoms with E-state index in [0.717, 1.165) is 0 Å². The number of ether oxygens (including phenoxy) is 1. The van der Waals surface area contributed by atoms with Crippen molar-refractivity contribution in [1.82, 2.24) is 0 Å². The summed E-state index contributed by atoms with van der Waals surface area (Å²) >= 11 is 0. The lowest BCUT2D eigenvalue weighted by molar-refractivity contribution is -0.277. The molecule has 0 aromatic carbocycles. The van der Waals surface area contributed by atoms with E-state index in [1.807, 2.05) is 0 Å². The molecule has 0 aromatic heterocycles. The van der Waals surface area contributed by atoms with Crippen molar-refractivity contribution < 1.29 is 25.2 Å². The molecule has 4 N–H and O–H groups in total. The summed E-state index contributed by atoms with van der Waals surface area (Å²) < 4.78 is 4.68. The van der Waals surface area contributed by atoms with E-state index in [9.17, 15) is 0 Å². The molecule has 0 aliphatic carbocycles. The van der Waals surface area contributed by atoms with Gasteiger partial charge in [0, 0.05) is 0 Å². The molecule has 1 heterocycles. The highest BCUT2D eigenvalue weighted by molar-refractivity contribution is 4.86. The molecule has 1 rings (SSSR count). The van der Waals surface area contributed by atoms with Crippen LogP contribution >= 0.6 is 0 Å². The molecule has 0 saturated carbocycles. The molecule has 0 bridgehead atoms. The van der Waals surface area contributed by atoms with Gasteiger partial charge in [0.2, 0.25) is 0 Å². The number of aliphatic hydroxyl groups excluding tert-OH is 4. The van der Waals surface area contributed by atoms with Crippen LogP contribution in [0.5, 0.6) is 0 Å². The Morgan fingerprint density at radius 2 is 1.45 bits per heavy atom. The fourth-order valence-corrected chi connectivity index (χ4v) is 1.03. The van der Waals surface area contributed by atoms with E-state index in [1.165, 1.54) is 6.92 Å². The molecule has 0 aromatic rings. The lowest BCUT2D eigenvalue weighted by atomic mass is 11.0. The van der Waals surface area contributed by atoms with Gasteiger partial charge in [-0.25, -0.2) is 0 Å². The summed E-state index contributed by atoms with van der Waals surface area (Å²) in [5.41, 5.74) is 0. The zero-order valence-electron chi connectivity index (χ0n) is 6.08. The molecule has 1 fully saturated rings. The number of hydrogen-bond acceptors (Lipinski definition) is 5. The summed E-state index contributed by atoms with van der Waals surface area (Å²) in [7, 11) is 0. The highest BCUT2D eigenvalue weighted by Crippen LogP contribution is 2.18. The second kappa shape index (κ2) is 3.04. The smallest absolute Gasteiger partial charge is 0.183 e. The van der Waals surface area contributed by atoms with Crippen molar-refractivity contribution >= 4 is 0 Å². The topological polar surface area (TPSA) is 90.2 Å². The van der Waals surface area contributed by atoms with Crippen molar-refractivity contribution in [3.05, 3.63) is 0 Å². The Labute approximate surface area is 63.8 Å². The normalized spacial score (nSPS) is 52.6. The molecule has 5 nitrogen and oxygen atoms in total. The summed E-state index contributed by atoms with van der Waals surface area (Å²) in [4.78, 5) is 0. The molecule has 5 heteroatoms. The van der Waals surface area contributed by atoms with Gasteiger partial charge in [-0.1, -0.05) is 0 Å². The van der Waals surface area contributed by atoms with Crippen molar-refractivity contribution in [3.63, 3.8) is 0 Å². The monoisotopic (exact) mass is 170 g/mol. The zero-order valence-corrected chi connectivity index (χ0v) is 6.08. The summed E-state index contributed by atoms with van der Waals surface area (Å²) in [5, 5.41) is 36.0. The Morgan fingerprint density at radius 3 is 2.00 bits per heavy atom. The van der Waals surface area contributed by atoms with Crippen LogP contribution < -0.4 is 0 Å². The average molecular weight is 170 g/mol. The average Bonchev–Trinajstić information content (AvgIpc) is 1.97. The number of hydrogen-bond donors (Lipinski definition) is 4. The van der Waals surface area contributed by atoms with Crippen LogP contribution in [0.15, 0.2) is 0 Å². The maximum Gasteiger partial charge on any atom is 0.183 e. The molecule has 0 radical (unpaired) electrons. The molecule has 0 spiro atoms. The van der Waals surface area contributed by atoms with Crippen molar-refractivity contribution in [1.29, 1.82) is 0 Å². The van der Waals surface area contributed by atoms with Crippen LogP contribution in [-0.2, 0) is 4.74 Å².